The average molecular weight is 457 g/mol. The van der Waals surface area contributed by atoms with E-state index in [0.717, 1.165) is 4.90 Å². The lowest BCUT2D eigenvalue weighted by Crippen LogP contribution is -2.27. The van der Waals surface area contributed by atoms with Crippen molar-refractivity contribution in [3.8, 4) is 11.5 Å². The van der Waals surface area contributed by atoms with E-state index in [1.165, 1.54) is 19.2 Å². The molecular formula is C24H21F2NO6. The third-order valence-electron chi connectivity index (χ3n) is 5.78. The van der Waals surface area contributed by atoms with Crippen LogP contribution < -0.4 is 14.4 Å². The first-order valence-corrected chi connectivity index (χ1v) is 10.2. The minimum atomic E-state index is -3.18. The summed E-state index contributed by atoms with van der Waals surface area (Å²) in [5.74, 6) is -2.50. The van der Waals surface area contributed by atoms with Gasteiger partial charge in [-0.2, -0.15) is 8.78 Å². The summed E-state index contributed by atoms with van der Waals surface area (Å²) in [6.45, 7) is -1.43. The van der Waals surface area contributed by atoms with Gasteiger partial charge in [0.05, 0.1) is 24.2 Å². The molecule has 4 rings (SSSR count). The third kappa shape index (κ3) is 3.64. The van der Waals surface area contributed by atoms with Crippen LogP contribution in [0.15, 0.2) is 48.5 Å². The van der Waals surface area contributed by atoms with Crippen LogP contribution in [0.5, 0.6) is 11.5 Å². The first-order valence-electron chi connectivity index (χ1n) is 10.2. The van der Waals surface area contributed by atoms with Crippen LogP contribution in [-0.4, -0.2) is 35.8 Å². The van der Waals surface area contributed by atoms with Gasteiger partial charge >= 0.3 is 12.6 Å². The Bertz CT molecular complexity index is 1230. The Morgan fingerprint density at radius 1 is 1.09 bits per heavy atom. The van der Waals surface area contributed by atoms with Gasteiger partial charge < -0.3 is 19.7 Å². The molecule has 3 aromatic carbocycles. The Labute approximate surface area is 187 Å². The number of hydrogen-bond acceptors (Lipinski definition) is 5. The first kappa shape index (κ1) is 22.5. The molecule has 0 aliphatic carbocycles. The van der Waals surface area contributed by atoms with Gasteiger partial charge in [-0.05, 0) is 24.1 Å². The minimum Gasteiger partial charge on any atom is -0.495 e. The van der Waals surface area contributed by atoms with Crippen LogP contribution in [0.25, 0.3) is 10.8 Å². The van der Waals surface area contributed by atoms with Gasteiger partial charge in [0.15, 0.2) is 6.23 Å². The first-order chi connectivity index (χ1) is 15.8. The summed E-state index contributed by atoms with van der Waals surface area (Å²) < 4.78 is 36.8. The van der Waals surface area contributed by atoms with E-state index in [2.05, 4.69) is 0 Å². The molecule has 33 heavy (non-hydrogen) atoms. The number of aliphatic carboxylic acids is 1. The zero-order valence-electron chi connectivity index (χ0n) is 17.8. The maximum atomic E-state index is 13.4. The number of alkyl halides is 2. The highest BCUT2D eigenvalue weighted by Crippen LogP contribution is 2.50. The molecule has 0 saturated heterocycles. The number of amides is 1. The summed E-state index contributed by atoms with van der Waals surface area (Å²) in [7, 11) is 1.35. The second-order valence-electron chi connectivity index (χ2n) is 7.51. The van der Waals surface area contributed by atoms with Gasteiger partial charge in [-0.25, -0.2) is 0 Å². The number of halogens is 2. The summed E-state index contributed by atoms with van der Waals surface area (Å²) in [6.07, 6.45) is -1.24. The zero-order valence-corrected chi connectivity index (χ0v) is 17.8. The van der Waals surface area contributed by atoms with Crippen molar-refractivity contribution in [2.75, 3.05) is 12.0 Å². The molecule has 0 bridgehead atoms. The number of benzene rings is 3. The summed E-state index contributed by atoms with van der Waals surface area (Å²) in [4.78, 5) is 25.9. The number of ether oxygens (including phenoxy) is 2. The maximum absolute atomic E-state index is 13.4. The lowest BCUT2D eigenvalue weighted by atomic mass is 9.96. The van der Waals surface area contributed by atoms with Gasteiger partial charge in [0.2, 0.25) is 0 Å². The molecule has 0 aromatic heterocycles. The molecule has 1 aliphatic heterocycles. The van der Waals surface area contributed by atoms with Crippen molar-refractivity contribution in [2.24, 2.45) is 0 Å². The lowest BCUT2D eigenvalue weighted by molar-refractivity contribution is -0.138. The highest BCUT2D eigenvalue weighted by molar-refractivity contribution is 6.17. The van der Waals surface area contributed by atoms with Crippen molar-refractivity contribution in [2.45, 2.75) is 32.1 Å². The number of anilines is 1. The number of carboxylic acids is 1. The largest absolute Gasteiger partial charge is 0.495 e. The van der Waals surface area contributed by atoms with Gasteiger partial charge in [-0.3, -0.25) is 14.5 Å². The Morgan fingerprint density at radius 2 is 1.70 bits per heavy atom. The van der Waals surface area contributed by atoms with E-state index in [9.17, 15) is 28.6 Å². The van der Waals surface area contributed by atoms with E-state index >= 15 is 0 Å². The average Bonchev–Trinajstić information content (AvgIpc) is 3.05. The lowest BCUT2D eigenvalue weighted by Gasteiger charge is -2.22. The summed E-state index contributed by atoms with van der Waals surface area (Å²) in [5.41, 5.74) is 0.622. The van der Waals surface area contributed by atoms with Gasteiger partial charge in [-0.15, -0.1) is 0 Å². The molecule has 2 atom stereocenters. The second-order valence-corrected chi connectivity index (χ2v) is 7.51. The van der Waals surface area contributed by atoms with E-state index in [1.807, 2.05) is 0 Å². The van der Waals surface area contributed by atoms with Crippen LogP contribution in [-0.2, 0) is 4.79 Å². The van der Waals surface area contributed by atoms with Gasteiger partial charge in [0, 0.05) is 16.5 Å². The molecule has 1 heterocycles. The highest BCUT2D eigenvalue weighted by atomic mass is 19.3. The molecule has 1 amide bonds. The molecule has 2 N–H and O–H groups in total. The van der Waals surface area contributed by atoms with Crippen LogP contribution in [0, 0.1) is 0 Å². The van der Waals surface area contributed by atoms with Crippen molar-refractivity contribution < 1.29 is 38.1 Å². The van der Waals surface area contributed by atoms with Crippen molar-refractivity contribution in [3.05, 3.63) is 65.2 Å². The van der Waals surface area contributed by atoms with Crippen LogP contribution >= 0.6 is 0 Å². The van der Waals surface area contributed by atoms with E-state index in [4.69, 9.17) is 9.47 Å². The Morgan fingerprint density at radius 3 is 2.21 bits per heavy atom. The predicted molar refractivity (Wildman–Crippen MR) is 116 cm³/mol. The highest BCUT2D eigenvalue weighted by Gasteiger charge is 2.43. The third-order valence-corrected chi connectivity index (χ3v) is 5.78. The minimum absolute atomic E-state index is 0.0691. The molecule has 0 spiro atoms. The van der Waals surface area contributed by atoms with E-state index in [0.29, 0.717) is 17.4 Å². The number of rotatable bonds is 7. The summed E-state index contributed by atoms with van der Waals surface area (Å²) in [6, 6.07) is 12.6. The Balaban J connectivity index is 1.87. The number of methoxy groups -OCH3 is 1. The smallest absolute Gasteiger partial charge is 0.387 e. The number of carbonyl (C=O) groups is 2. The number of fused-ring (bicyclic) bond motifs is 2. The van der Waals surface area contributed by atoms with Crippen molar-refractivity contribution in [1.82, 2.24) is 0 Å². The SMILES string of the molecule is CCC(C(=O)O)c1ccc(N2C(=O)c3c(c(OC(F)F)c4ccccc4c3OC)C2O)cc1. The number of carboxylic acid groups (broad SMARTS) is 1. The van der Waals surface area contributed by atoms with Crippen LogP contribution in [0.4, 0.5) is 14.5 Å². The predicted octanol–water partition coefficient (Wildman–Crippen LogP) is 4.68. The quantitative estimate of drug-likeness (QED) is 0.535. The van der Waals surface area contributed by atoms with Gasteiger partial charge in [0.1, 0.15) is 11.5 Å². The standard InChI is InChI=1S/C24H21F2NO6/c1-3-14(23(30)31)12-8-10-13(11-9-12)27-21(28)17-18(22(27)29)20(33-24(25)26)16-7-5-4-6-15(16)19(17)32-2/h4-11,14,22,24,29H,3H2,1-2H3,(H,30,31). The van der Waals surface area contributed by atoms with Crippen LogP contribution in [0.3, 0.4) is 0 Å². The Kier molecular flexibility index (Phi) is 5.90. The molecule has 3 aromatic rings. The normalized spacial score (nSPS) is 16.2. The molecule has 172 valence electrons. The molecule has 9 heteroatoms. The number of aliphatic hydroxyl groups is 1. The summed E-state index contributed by atoms with van der Waals surface area (Å²) >= 11 is 0. The van der Waals surface area contributed by atoms with Gasteiger partial charge in [-0.1, -0.05) is 43.3 Å². The van der Waals surface area contributed by atoms with Gasteiger partial charge in [0.25, 0.3) is 5.91 Å². The van der Waals surface area contributed by atoms with Crippen molar-refractivity contribution in [1.29, 1.82) is 0 Å². The summed E-state index contributed by atoms with van der Waals surface area (Å²) in [5, 5.41) is 21.1. The number of hydrogen-bond donors (Lipinski definition) is 2. The van der Waals surface area contributed by atoms with Crippen molar-refractivity contribution in [3.63, 3.8) is 0 Å². The molecule has 0 radical (unpaired) electrons. The molecule has 2 unspecified atom stereocenters. The fourth-order valence-corrected chi connectivity index (χ4v) is 4.32. The van der Waals surface area contributed by atoms with E-state index < -0.39 is 30.6 Å². The fourth-order valence-electron chi connectivity index (χ4n) is 4.32. The molecular weight excluding hydrogens is 436 g/mol. The molecule has 1 aliphatic rings. The van der Waals surface area contributed by atoms with E-state index in [1.54, 1.807) is 43.3 Å². The molecule has 7 nitrogen and oxygen atoms in total. The van der Waals surface area contributed by atoms with Crippen molar-refractivity contribution >= 4 is 28.3 Å². The topological polar surface area (TPSA) is 96.3 Å². The molecule has 0 fully saturated rings. The zero-order chi connectivity index (χ0) is 23.9. The Hall–Kier alpha value is -3.72. The molecule has 0 saturated carbocycles. The monoisotopic (exact) mass is 457 g/mol. The fraction of sp³-hybridized carbons (Fsp3) is 0.250. The number of carbonyl (C=O) groups excluding carboxylic acids is 1. The number of aliphatic hydroxyl groups excluding tert-OH is 1. The number of nitrogens with zero attached hydrogens (tertiary/aromatic N) is 1. The second kappa shape index (κ2) is 8.67. The maximum Gasteiger partial charge on any atom is 0.387 e. The van der Waals surface area contributed by atoms with E-state index in [-0.39, 0.29) is 33.7 Å². The van der Waals surface area contributed by atoms with Crippen LogP contribution in [0.2, 0.25) is 0 Å². The van der Waals surface area contributed by atoms with Crippen LogP contribution in [0.1, 0.15) is 47.0 Å².